The Kier molecular flexibility index (Phi) is 11.7. The van der Waals surface area contributed by atoms with Gasteiger partial charge in [0.25, 0.3) is 0 Å². The third-order valence-corrected chi connectivity index (χ3v) is 10.9. The number of benzene rings is 3. The van der Waals surface area contributed by atoms with Crippen LogP contribution in [0, 0.1) is 5.92 Å². The second-order valence-electron chi connectivity index (χ2n) is 12.0. The summed E-state index contributed by atoms with van der Waals surface area (Å²) in [5, 5.41) is -1.05. The van der Waals surface area contributed by atoms with Gasteiger partial charge in [0, 0.05) is 25.5 Å². The van der Waals surface area contributed by atoms with E-state index in [0.717, 1.165) is 44.9 Å². The van der Waals surface area contributed by atoms with E-state index in [2.05, 4.69) is 65.7 Å². The molecular formula is C39H44N2O3S. The summed E-state index contributed by atoms with van der Waals surface area (Å²) in [4.78, 5) is 20.1. The number of sulfone groups is 1. The highest BCUT2D eigenvalue weighted by Gasteiger charge is 2.37. The predicted molar refractivity (Wildman–Crippen MR) is 182 cm³/mol. The summed E-state index contributed by atoms with van der Waals surface area (Å²) in [6.07, 6.45) is 13.8. The molecule has 1 saturated heterocycles. The molecular weight excluding hydrogens is 577 g/mol. The molecule has 0 spiro atoms. The Hall–Kier alpha value is -4.03. The Labute approximate surface area is 269 Å². The van der Waals surface area contributed by atoms with Crippen molar-refractivity contribution in [2.24, 2.45) is 5.92 Å². The molecule has 2 heterocycles. The van der Waals surface area contributed by atoms with Gasteiger partial charge in [-0.2, -0.15) is 0 Å². The molecule has 0 aliphatic carbocycles. The topological polar surface area (TPSA) is 67.3 Å². The van der Waals surface area contributed by atoms with Gasteiger partial charge in [-0.15, -0.1) is 0 Å². The molecule has 1 fully saturated rings. The van der Waals surface area contributed by atoms with Crippen LogP contribution in [0.4, 0.5) is 0 Å². The third-order valence-electron chi connectivity index (χ3n) is 8.80. The minimum Gasteiger partial charge on any atom is -0.342 e. The molecule has 0 saturated carbocycles. The second kappa shape index (κ2) is 16.3. The largest absolute Gasteiger partial charge is 0.342 e. The van der Waals surface area contributed by atoms with Gasteiger partial charge in [-0.1, -0.05) is 117 Å². The first-order chi connectivity index (χ1) is 22.0. The van der Waals surface area contributed by atoms with E-state index >= 15 is 0 Å². The fourth-order valence-corrected chi connectivity index (χ4v) is 8.00. The normalized spacial score (nSPS) is 14.5. The number of carbonyl (C=O) groups excluding carboxylic acids is 1. The molecule has 1 unspecified atom stereocenters. The van der Waals surface area contributed by atoms with Crippen LogP contribution in [0.5, 0.6) is 0 Å². The van der Waals surface area contributed by atoms with Crippen molar-refractivity contribution in [1.29, 1.82) is 0 Å². The van der Waals surface area contributed by atoms with Gasteiger partial charge in [0.05, 0.1) is 4.90 Å². The van der Waals surface area contributed by atoms with E-state index in [1.807, 2.05) is 24.4 Å². The molecule has 1 aromatic heterocycles. The van der Waals surface area contributed by atoms with E-state index in [9.17, 15) is 13.2 Å². The summed E-state index contributed by atoms with van der Waals surface area (Å²) < 4.78 is 27.6. The van der Waals surface area contributed by atoms with Crippen LogP contribution in [0.25, 0.3) is 5.57 Å². The first kappa shape index (κ1) is 32.4. The van der Waals surface area contributed by atoms with E-state index in [-0.39, 0.29) is 10.8 Å². The van der Waals surface area contributed by atoms with Crippen molar-refractivity contribution in [2.45, 2.75) is 67.9 Å². The zero-order chi connectivity index (χ0) is 31.3. The maximum absolute atomic E-state index is 13.9. The highest BCUT2D eigenvalue weighted by Crippen LogP contribution is 2.30. The van der Waals surface area contributed by atoms with Crippen LogP contribution in [-0.2, 0) is 21.1 Å². The van der Waals surface area contributed by atoms with Gasteiger partial charge in [0.2, 0.25) is 5.91 Å². The number of carbonyl (C=O) groups is 1. The van der Waals surface area contributed by atoms with E-state index in [4.69, 9.17) is 0 Å². The summed E-state index contributed by atoms with van der Waals surface area (Å²) >= 11 is 0. The molecule has 6 heteroatoms. The van der Waals surface area contributed by atoms with E-state index in [1.165, 1.54) is 22.3 Å². The van der Waals surface area contributed by atoms with Gasteiger partial charge in [-0.25, -0.2) is 8.42 Å². The summed E-state index contributed by atoms with van der Waals surface area (Å²) in [5.41, 5.74) is 4.79. The number of allylic oxidation sites excluding steroid dienone is 1. The predicted octanol–water partition coefficient (Wildman–Crippen LogP) is 8.18. The Morgan fingerprint density at radius 2 is 1.33 bits per heavy atom. The summed E-state index contributed by atoms with van der Waals surface area (Å²) in [5.74, 6) is 0.0597. The molecule has 1 atom stereocenters. The summed E-state index contributed by atoms with van der Waals surface area (Å²) in [7, 11) is -3.80. The lowest BCUT2D eigenvalue weighted by molar-refractivity contribution is -0.132. The maximum Gasteiger partial charge on any atom is 0.241 e. The lowest BCUT2D eigenvalue weighted by Crippen LogP contribution is -2.46. The van der Waals surface area contributed by atoms with Crippen molar-refractivity contribution in [3.05, 3.63) is 138 Å². The van der Waals surface area contributed by atoms with Gasteiger partial charge in [0.15, 0.2) is 9.84 Å². The number of aromatic nitrogens is 1. The number of aryl methyl sites for hydroxylation is 1. The maximum atomic E-state index is 13.9. The van der Waals surface area contributed by atoms with Gasteiger partial charge >= 0.3 is 0 Å². The fraction of sp³-hybridized carbons (Fsp3) is 0.333. The Balaban J connectivity index is 1.21. The van der Waals surface area contributed by atoms with Crippen molar-refractivity contribution < 1.29 is 13.2 Å². The monoisotopic (exact) mass is 620 g/mol. The molecule has 0 bridgehead atoms. The molecule has 0 N–H and O–H groups in total. The average molecular weight is 621 g/mol. The SMILES string of the molecule is O=C(C(CCCCCCCc1cccnc1)S(=O)(=O)c1ccccc1)N1CCC(C=C(c2ccccc2)c2ccccc2)CC1. The van der Waals surface area contributed by atoms with E-state index in [0.29, 0.717) is 31.8 Å². The van der Waals surface area contributed by atoms with Crippen molar-refractivity contribution in [3.8, 4) is 0 Å². The number of hydrogen-bond donors (Lipinski definition) is 0. The smallest absolute Gasteiger partial charge is 0.241 e. The van der Waals surface area contributed by atoms with Crippen molar-refractivity contribution >= 4 is 21.3 Å². The average Bonchev–Trinajstić information content (AvgIpc) is 3.10. The Morgan fingerprint density at radius 3 is 1.93 bits per heavy atom. The van der Waals surface area contributed by atoms with E-state index in [1.54, 1.807) is 41.4 Å². The molecule has 5 rings (SSSR count). The quantitative estimate of drug-likeness (QED) is 0.133. The zero-order valence-corrected chi connectivity index (χ0v) is 26.8. The number of hydrogen-bond acceptors (Lipinski definition) is 4. The van der Waals surface area contributed by atoms with Crippen LogP contribution in [0.15, 0.2) is 126 Å². The fourth-order valence-electron chi connectivity index (χ4n) is 6.24. The molecule has 45 heavy (non-hydrogen) atoms. The van der Waals surface area contributed by atoms with Gasteiger partial charge in [-0.3, -0.25) is 9.78 Å². The third kappa shape index (κ3) is 9.01. The number of rotatable bonds is 14. The summed E-state index contributed by atoms with van der Waals surface area (Å²) in [6, 6.07) is 33.4. The number of pyridine rings is 1. The lowest BCUT2D eigenvalue weighted by atomic mass is 9.89. The number of piperidine rings is 1. The molecule has 1 amide bonds. The minimum atomic E-state index is -3.80. The number of nitrogens with zero attached hydrogens (tertiary/aromatic N) is 2. The van der Waals surface area contributed by atoms with Crippen LogP contribution in [0.1, 0.15) is 68.1 Å². The first-order valence-corrected chi connectivity index (χ1v) is 17.9. The van der Waals surface area contributed by atoms with Crippen molar-refractivity contribution in [1.82, 2.24) is 9.88 Å². The Bertz CT molecular complexity index is 1560. The first-order valence-electron chi connectivity index (χ1n) is 16.3. The van der Waals surface area contributed by atoms with Crippen molar-refractivity contribution in [2.75, 3.05) is 13.1 Å². The number of amides is 1. The zero-order valence-electron chi connectivity index (χ0n) is 26.0. The lowest BCUT2D eigenvalue weighted by Gasteiger charge is -2.33. The van der Waals surface area contributed by atoms with E-state index < -0.39 is 15.1 Å². The van der Waals surface area contributed by atoms with Crippen molar-refractivity contribution in [3.63, 3.8) is 0 Å². The minimum absolute atomic E-state index is 0.230. The van der Waals surface area contributed by atoms with Crippen LogP contribution >= 0.6 is 0 Å². The molecule has 0 radical (unpaired) electrons. The summed E-state index contributed by atoms with van der Waals surface area (Å²) in [6.45, 7) is 1.12. The van der Waals surface area contributed by atoms with Gasteiger partial charge < -0.3 is 4.90 Å². The van der Waals surface area contributed by atoms with Crippen LogP contribution in [-0.4, -0.2) is 42.5 Å². The number of likely N-dealkylation sites (tertiary alicyclic amines) is 1. The standard InChI is InChI=1S/C39H44N2O3S/c42-39(41-28-25-32(26-29-41)30-37(34-18-8-4-9-19-34)35-20-10-5-11-21-35)38(45(43,44)36-22-12-6-13-23-36)24-14-3-1-2-7-16-33-17-15-27-40-31-33/h4-6,8-13,15,17-23,27,30-32,38H,1-3,7,14,16,24-26,28-29H2. The van der Waals surface area contributed by atoms with Crippen LogP contribution in [0.3, 0.4) is 0 Å². The van der Waals surface area contributed by atoms with Crippen LogP contribution < -0.4 is 0 Å². The van der Waals surface area contributed by atoms with Gasteiger partial charge in [0.1, 0.15) is 5.25 Å². The highest BCUT2D eigenvalue weighted by atomic mass is 32.2. The molecule has 234 valence electrons. The Morgan fingerprint density at radius 1 is 0.756 bits per heavy atom. The molecule has 3 aromatic carbocycles. The second-order valence-corrected chi connectivity index (χ2v) is 14.1. The molecule has 1 aliphatic rings. The molecule has 1 aliphatic heterocycles. The number of unbranched alkanes of at least 4 members (excludes halogenated alkanes) is 4. The molecule has 4 aromatic rings. The highest BCUT2D eigenvalue weighted by molar-refractivity contribution is 7.92. The van der Waals surface area contributed by atoms with Gasteiger partial charge in [-0.05, 0) is 78.5 Å². The molecule has 5 nitrogen and oxygen atoms in total. The van der Waals surface area contributed by atoms with Crippen LogP contribution in [0.2, 0.25) is 0 Å².